The Morgan fingerprint density at radius 1 is 1.58 bits per heavy atom. The number of nitrogens with two attached hydrogens (primary N) is 2. The molecule has 2 amide bonds. The van der Waals surface area contributed by atoms with E-state index in [9.17, 15) is 9.59 Å². The summed E-state index contributed by atoms with van der Waals surface area (Å²) >= 11 is 1.38. The molecule has 104 valence electrons. The number of thiazole rings is 1. The number of hydrogen-bond acceptors (Lipinski definition) is 5. The van der Waals surface area contributed by atoms with Crippen LogP contribution in [0.3, 0.4) is 0 Å². The molecule has 1 fully saturated rings. The normalized spacial score (nSPS) is 24.5. The summed E-state index contributed by atoms with van der Waals surface area (Å²) in [6, 6.07) is -0.180. The molecule has 2 unspecified atom stereocenters. The lowest BCUT2D eigenvalue weighted by Crippen LogP contribution is -2.38. The summed E-state index contributed by atoms with van der Waals surface area (Å²) < 4.78 is 0. The van der Waals surface area contributed by atoms with Gasteiger partial charge in [0, 0.05) is 18.5 Å². The minimum atomic E-state index is -0.629. The molecule has 1 aromatic rings. The van der Waals surface area contributed by atoms with Crippen LogP contribution in [0.25, 0.3) is 0 Å². The predicted molar refractivity (Wildman–Crippen MR) is 72.5 cm³/mol. The summed E-state index contributed by atoms with van der Waals surface area (Å²) in [6.45, 7) is 4.50. The van der Waals surface area contributed by atoms with Crippen LogP contribution in [0.1, 0.15) is 41.8 Å². The van der Waals surface area contributed by atoms with Crippen molar-refractivity contribution < 1.29 is 9.59 Å². The third kappa shape index (κ3) is 2.62. The van der Waals surface area contributed by atoms with E-state index in [1.165, 1.54) is 11.3 Å². The molecule has 7 heteroatoms. The number of nitrogens with zero attached hydrogens (tertiary/aromatic N) is 2. The van der Waals surface area contributed by atoms with Gasteiger partial charge in [0.25, 0.3) is 5.91 Å². The molecule has 2 atom stereocenters. The third-order valence-corrected chi connectivity index (χ3v) is 4.53. The van der Waals surface area contributed by atoms with Crippen molar-refractivity contribution >= 4 is 23.2 Å². The number of aromatic nitrogens is 1. The fraction of sp³-hybridized carbons (Fsp3) is 0.583. The first-order valence-corrected chi connectivity index (χ1v) is 7.01. The summed E-state index contributed by atoms with van der Waals surface area (Å²) in [6.07, 6.45) is 0.596. The van der Waals surface area contributed by atoms with E-state index in [1.807, 2.05) is 6.92 Å². The maximum absolute atomic E-state index is 12.3. The molecule has 0 aromatic carbocycles. The zero-order valence-corrected chi connectivity index (χ0v) is 11.9. The lowest BCUT2D eigenvalue weighted by atomic mass is 9.89. The molecule has 1 aromatic heterocycles. The van der Waals surface area contributed by atoms with Crippen molar-refractivity contribution in [2.45, 2.75) is 26.3 Å². The summed E-state index contributed by atoms with van der Waals surface area (Å²) in [5.74, 6) is -0.523. The van der Waals surface area contributed by atoms with E-state index in [2.05, 4.69) is 4.98 Å². The average Bonchev–Trinajstić information content (AvgIpc) is 2.95. The highest BCUT2D eigenvalue weighted by atomic mass is 32.1. The van der Waals surface area contributed by atoms with Gasteiger partial charge in [0.15, 0.2) is 0 Å². The van der Waals surface area contributed by atoms with Gasteiger partial charge in [-0.3, -0.25) is 9.59 Å². The van der Waals surface area contributed by atoms with Crippen LogP contribution >= 0.6 is 11.3 Å². The van der Waals surface area contributed by atoms with E-state index in [1.54, 1.807) is 17.2 Å². The molecule has 0 saturated carbocycles. The van der Waals surface area contributed by atoms with Crippen LogP contribution in [0.5, 0.6) is 0 Å². The number of hydrogen-bond donors (Lipinski definition) is 2. The molecule has 6 nitrogen and oxygen atoms in total. The Balaban J connectivity index is 2.11. The van der Waals surface area contributed by atoms with E-state index in [0.717, 1.165) is 5.01 Å². The van der Waals surface area contributed by atoms with E-state index in [-0.39, 0.29) is 17.9 Å². The summed E-state index contributed by atoms with van der Waals surface area (Å²) in [4.78, 5) is 29.5. The van der Waals surface area contributed by atoms with Crippen LogP contribution in [0.2, 0.25) is 0 Å². The van der Waals surface area contributed by atoms with Crippen molar-refractivity contribution in [3.05, 3.63) is 16.1 Å². The molecule has 1 aliphatic heterocycles. The SMILES string of the molecule is CC(N)c1nc(C(=O)N2CCC(C)(C(N)=O)C2)cs1. The first-order chi connectivity index (χ1) is 8.83. The Bertz CT molecular complexity index is 514. The second-order valence-corrected chi connectivity index (χ2v) is 6.15. The van der Waals surface area contributed by atoms with Gasteiger partial charge in [-0.15, -0.1) is 11.3 Å². The number of amides is 2. The van der Waals surface area contributed by atoms with Crippen molar-refractivity contribution in [1.82, 2.24) is 9.88 Å². The van der Waals surface area contributed by atoms with Gasteiger partial charge in [-0.2, -0.15) is 0 Å². The van der Waals surface area contributed by atoms with Gasteiger partial charge in [-0.05, 0) is 20.3 Å². The molecule has 1 saturated heterocycles. The van der Waals surface area contributed by atoms with Crippen molar-refractivity contribution in [2.75, 3.05) is 13.1 Å². The summed E-state index contributed by atoms with van der Waals surface area (Å²) in [7, 11) is 0. The van der Waals surface area contributed by atoms with Gasteiger partial charge in [0.05, 0.1) is 11.5 Å². The van der Waals surface area contributed by atoms with Crippen LogP contribution in [0.4, 0.5) is 0 Å². The van der Waals surface area contributed by atoms with Crippen LogP contribution in [-0.2, 0) is 4.79 Å². The van der Waals surface area contributed by atoms with Crippen LogP contribution in [0, 0.1) is 5.41 Å². The van der Waals surface area contributed by atoms with Gasteiger partial charge >= 0.3 is 0 Å². The van der Waals surface area contributed by atoms with Gasteiger partial charge < -0.3 is 16.4 Å². The van der Waals surface area contributed by atoms with Crippen LogP contribution < -0.4 is 11.5 Å². The third-order valence-electron chi connectivity index (χ3n) is 3.49. The standard InChI is InChI=1S/C12H18N4O2S/c1-7(13)9-15-8(5-19-9)10(17)16-4-3-12(2,6-16)11(14)18/h5,7H,3-4,6,13H2,1-2H3,(H2,14,18). The topological polar surface area (TPSA) is 102 Å². The Labute approximate surface area is 115 Å². The fourth-order valence-electron chi connectivity index (χ4n) is 2.09. The van der Waals surface area contributed by atoms with E-state index >= 15 is 0 Å². The lowest BCUT2D eigenvalue weighted by Gasteiger charge is -2.20. The van der Waals surface area contributed by atoms with Crippen molar-refractivity contribution in [1.29, 1.82) is 0 Å². The largest absolute Gasteiger partial charge is 0.369 e. The molecule has 0 spiro atoms. The molecule has 4 N–H and O–H groups in total. The monoisotopic (exact) mass is 282 g/mol. The zero-order chi connectivity index (χ0) is 14.2. The van der Waals surface area contributed by atoms with E-state index < -0.39 is 5.41 Å². The Morgan fingerprint density at radius 2 is 2.26 bits per heavy atom. The van der Waals surface area contributed by atoms with Crippen LogP contribution in [0.15, 0.2) is 5.38 Å². The molecule has 0 aliphatic carbocycles. The second-order valence-electron chi connectivity index (χ2n) is 5.26. The minimum absolute atomic E-state index is 0.159. The second kappa shape index (κ2) is 4.90. The van der Waals surface area contributed by atoms with Gasteiger partial charge in [0.1, 0.15) is 10.7 Å². The minimum Gasteiger partial charge on any atom is -0.369 e. The number of carbonyl (C=O) groups is 2. The molecule has 1 aliphatic rings. The highest BCUT2D eigenvalue weighted by molar-refractivity contribution is 7.09. The number of primary amides is 1. The Hall–Kier alpha value is -1.47. The maximum atomic E-state index is 12.3. The maximum Gasteiger partial charge on any atom is 0.273 e. The average molecular weight is 282 g/mol. The quantitative estimate of drug-likeness (QED) is 0.842. The number of likely N-dealkylation sites (tertiary alicyclic amines) is 1. The first-order valence-electron chi connectivity index (χ1n) is 6.14. The molecule has 0 bridgehead atoms. The molecule has 0 radical (unpaired) electrons. The number of carbonyl (C=O) groups excluding carboxylic acids is 2. The molecule has 2 heterocycles. The highest BCUT2D eigenvalue weighted by Crippen LogP contribution is 2.30. The van der Waals surface area contributed by atoms with Gasteiger partial charge in [0.2, 0.25) is 5.91 Å². The molecule has 2 rings (SSSR count). The van der Waals surface area contributed by atoms with Gasteiger partial charge in [-0.1, -0.05) is 0 Å². The summed E-state index contributed by atoms with van der Waals surface area (Å²) in [5, 5.41) is 2.45. The molecule has 19 heavy (non-hydrogen) atoms. The van der Waals surface area contributed by atoms with Crippen molar-refractivity contribution in [3.63, 3.8) is 0 Å². The summed E-state index contributed by atoms with van der Waals surface area (Å²) in [5.41, 5.74) is 10.9. The number of rotatable bonds is 3. The van der Waals surface area contributed by atoms with Crippen molar-refractivity contribution in [2.24, 2.45) is 16.9 Å². The predicted octanol–water partition coefficient (Wildman–Crippen LogP) is 0.500. The first kappa shape index (κ1) is 14.0. The van der Waals surface area contributed by atoms with E-state index in [0.29, 0.717) is 25.2 Å². The van der Waals surface area contributed by atoms with Crippen molar-refractivity contribution in [3.8, 4) is 0 Å². The molecular weight excluding hydrogens is 264 g/mol. The Kier molecular flexibility index (Phi) is 3.60. The lowest BCUT2D eigenvalue weighted by molar-refractivity contribution is -0.126. The van der Waals surface area contributed by atoms with E-state index in [4.69, 9.17) is 11.5 Å². The Morgan fingerprint density at radius 3 is 2.74 bits per heavy atom. The zero-order valence-electron chi connectivity index (χ0n) is 11.0. The smallest absolute Gasteiger partial charge is 0.273 e. The highest BCUT2D eigenvalue weighted by Gasteiger charge is 2.41. The fourth-order valence-corrected chi connectivity index (χ4v) is 2.84. The molecular formula is C12H18N4O2S. The van der Waals surface area contributed by atoms with Gasteiger partial charge in [-0.25, -0.2) is 4.98 Å². The van der Waals surface area contributed by atoms with Crippen LogP contribution in [-0.4, -0.2) is 34.8 Å².